The smallest absolute Gasteiger partial charge is 0.219 e. The largest absolute Gasteiger partial charge is 0.497 e. The average Bonchev–Trinajstić information content (AvgIpc) is 2.43. The molecule has 0 atom stereocenters. The van der Waals surface area contributed by atoms with E-state index < -0.39 is 0 Å². The maximum absolute atomic E-state index is 11.0. The van der Waals surface area contributed by atoms with Crippen LogP contribution in [-0.4, -0.2) is 33.7 Å². The summed E-state index contributed by atoms with van der Waals surface area (Å²) in [6, 6.07) is 5.59. The van der Waals surface area contributed by atoms with Crippen molar-refractivity contribution in [2.24, 2.45) is 0 Å². The summed E-state index contributed by atoms with van der Waals surface area (Å²) < 4.78 is 10.4. The van der Waals surface area contributed by atoms with Gasteiger partial charge in [0.2, 0.25) is 5.91 Å². The second-order valence-electron chi connectivity index (χ2n) is 3.77. The Balaban J connectivity index is 2.49. The highest BCUT2D eigenvalue weighted by Crippen LogP contribution is 2.28. The van der Waals surface area contributed by atoms with Crippen LogP contribution in [0.2, 0.25) is 0 Å². The molecule has 5 heteroatoms. The fourth-order valence-electron chi connectivity index (χ4n) is 1.54. The first-order chi connectivity index (χ1) is 8.71. The van der Waals surface area contributed by atoms with Crippen LogP contribution in [0.25, 0.3) is 0 Å². The molecule has 0 aliphatic carbocycles. The minimum absolute atomic E-state index is 0.0542. The van der Waals surface area contributed by atoms with Crippen LogP contribution in [0, 0.1) is 0 Å². The van der Waals surface area contributed by atoms with Crippen molar-refractivity contribution >= 4 is 11.6 Å². The van der Waals surface area contributed by atoms with Gasteiger partial charge in [-0.05, 0) is 18.6 Å². The molecule has 0 heterocycles. The van der Waals surface area contributed by atoms with Crippen molar-refractivity contribution in [3.63, 3.8) is 0 Å². The fourth-order valence-corrected chi connectivity index (χ4v) is 1.54. The van der Waals surface area contributed by atoms with Crippen LogP contribution in [0.15, 0.2) is 18.2 Å². The van der Waals surface area contributed by atoms with Gasteiger partial charge in [0.25, 0.3) is 0 Å². The monoisotopic (exact) mass is 252 g/mol. The van der Waals surface area contributed by atoms with E-state index in [9.17, 15) is 4.79 Å². The Labute approximate surface area is 107 Å². The first kappa shape index (κ1) is 14.2. The van der Waals surface area contributed by atoms with E-state index in [1.807, 2.05) is 18.2 Å². The van der Waals surface area contributed by atoms with Crippen molar-refractivity contribution in [1.29, 1.82) is 0 Å². The Morgan fingerprint density at radius 3 is 2.67 bits per heavy atom. The van der Waals surface area contributed by atoms with Gasteiger partial charge in [0.1, 0.15) is 11.5 Å². The van der Waals surface area contributed by atoms with Gasteiger partial charge in [-0.1, -0.05) is 0 Å². The summed E-state index contributed by atoms with van der Waals surface area (Å²) >= 11 is 0. The molecule has 0 saturated heterocycles. The first-order valence-electron chi connectivity index (χ1n) is 5.87. The highest BCUT2D eigenvalue weighted by Gasteiger charge is 2.04. The number of rotatable bonds is 7. The zero-order chi connectivity index (χ0) is 13.4. The maximum atomic E-state index is 11.0. The molecule has 100 valence electrons. The number of ether oxygens (including phenoxy) is 2. The topological polar surface area (TPSA) is 59.6 Å². The van der Waals surface area contributed by atoms with Gasteiger partial charge < -0.3 is 20.1 Å². The lowest BCUT2D eigenvalue weighted by molar-refractivity contribution is -0.120. The van der Waals surface area contributed by atoms with Crippen LogP contribution in [0.3, 0.4) is 0 Å². The van der Waals surface area contributed by atoms with Crippen molar-refractivity contribution in [2.45, 2.75) is 12.8 Å². The quantitative estimate of drug-likeness (QED) is 0.724. The number of hydrogen-bond donors (Lipinski definition) is 2. The van der Waals surface area contributed by atoms with E-state index >= 15 is 0 Å². The Hall–Kier alpha value is -1.91. The third-order valence-corrected chi connectivity index (χ3v) is 2.58. The Morgan fingerprint density at radius 2 is 2.06 bits per heavy atom. The number of anilines is 1. The van der Waals surface area contributed by atoms with Gasteiger partial charge in [-0.15, -0.1) is 0 Å². The molecule has 0 aliphatic rings. The maximum Gasteiger partial charge on any atom is 0.219 e. The Morgan fingerprint density at radius 1 is 1.28 bits per heavy atom. The molecule has 0 fully saturated rings. The summed E-state index contributed by atoms with van der Waals surface area (Å²) in [6.07, 6.45) is 1.29. The van der Waals surface area contributed by atoms with E-state index in [0.717, 1.165) is 30.2 Å². The number of nitrogens with one attached hydrogen (secondary N) is 2. The Bertz CT molecular complexity index is 394. The molecule has 1 rings (SSSR count). The predicted octanol–water partition coefficient (Wildman–Crippen LogP) is 1.64. The molecule has 1 amide bonds. The summed E-state index contributed by atoms with van der Waals surface area (Å²) in [5.41, 5.74) is 0.898. The molecule has 0 bridgehead atoms. The van der Waals surface area contributed by atoms with Gasteiger partial charge in [-0.2, -0.15) is 0 Å². The lowest BCUT2D eigenvalue weighted by Crippen LogP contribution is -2.18. The third kappa shape index (κ3) is 4.16. The molecular formula is C13H20N2O3. The number of carbonyl (C=O) groups is 1. The van der Waals surface area contributed by atoms with Crippen molar-refractivity contribution < 1.29 is 14.3 Å². The molecule has 18 heavy (non-hydrogen) atoms. The van der Waals surface area contributed by atoms with Gasteiger partial charge in [0, 0.05) is 26.1 Å². The zero-order valence-electron chi connectivity index (χ0n) is 11.1. The summed E-state index contributed by atoms with van der Waals surface area (Å²) in [6.45, 7) is 0.718. The lowest BCUT2D eigenvalue weighted by Gasteiger charge is -2.12. The minimum Gasteiger partial charge on any atom is -0.497 e. The first-order valence-corrected chi connectivity index (χ1v) is 5.87. The minimum atomic E-state index is 0.0542. The van der Waals surface area contributed by atoms with Crippen molar-refractivity contribution in [2.75, 3.05) is 33.1 Å². The molecule has 1 aromatic carbocycles. The third-order valence-electron chi connectivity index (χ3n) is 2.58. The van der Waals surface area contributed by atoms with Crippen LogP contribution in [0.5, 0.6) is 11.5 Å². The number of carbonyl (C=O) groups excluding carboxylic acids is 1. The predicted molar refractivity (Wildman–Crippen MR) is 71.3 cm³/mol. The highest BCUT2D eigenvalue weighted by atomic mass is 16.5. The van der Waals surface area contributed by atoms with Crippen molar-refractivity contribution in [1.82, 2.24) is 5.32 Å². The number of methoxy groups -OCH3 is 2. The van der Waals surface area contributed by atoms with Crippen molar-refractivity contribution in [3.05, 3.63) is 18.2 Å². The molecule has 2 N–H and O–H groups in total. The number of benzene rings is 1. The van der Waals surface area contributed by atoms with Crippen molar-refractivity contribution in [3.8, 4) is 11.5 Å². The van der Waals surface area contributed by atoms with E-state index in [1.54, 1.807) is 21.3 Å². The summed E-state index contributed by atoms with van der Waals surface area (Å²) in [5, 5.41) is 5.83. The van der Waals surface area contributed by atoms with Gasteiger partial charge in [-0.25, -0.2) is 0 Å². The molecule has 0 aromatic heterocycles. The van der Waals surface area contributed by atoms with Gasteiger partial charge in [-0.3, -0.25) is 4.79 Å². The molecule has 0 unspecified atom stereocenters. The van der Waals surface area contributed by atoms with Gasteiger partial charge >= 0.3 is 0 Å². The SMILES string of the molecule is CNC(=O)CCCNc1ccc(OC)cc1OC. The van der Waals surface area contributed by atoms with Crippen LogP contribution < -0.4 is 20.1 Å². The van der Waals surface area contributed by atoms with E-state index in [4.69, 9.17) is 9.47 Å². The van der Waals surface area contributed by atoms with E-state index in [2.05, 4.69) is 10.6 Å². The summed E-state index contributed by atoms with van der Waals surface area (Å²) in [5.74, 6) is 1.54. The highest BCUT2D eigenvalue weighted by molar-refractivity contribution is 5.75. The van der Waals surface area contributed by atoms with Gasteiger partial charge in [0.15, 0.2) is 0 Å². The van der Waals surface area contributed by atoms with Gasteiger partial charge in [0.05, 0.1) is 19.9 Å². The number of hydrogen-bond acceptors (Lipinski definition) is 4. The van der Waals surface area contributed by atoms with Crippen LogP contribution in [0.4, 0.5) is 5.69 Å². The molecule has 0 saturated carbocycles. The zero-order valence-corrected chi connectivity index (χ0v) is 11.1. The average molecular weight is 252 g/mol. The standard InChI is InChI=1S/C13H20N2O3/c1-14-13(16)5-4-8-15-11-7-6-10(17-2)9-12(11)18-3/h6-7,9,15H,4-5,8H2,1-3H3,(H,14,16). The van der Waals surface area contributed by atoms with Crippen LogP contribution in [-0.2, 0) is 4.79 Å². The number of amides is 1. The molecule has 0 aliphatic heterocycles. The molecule has 1 aromatic rings. The second-order valence-corrected chi connectivity index (χ2v) is 3.77. The molecule has 0 spiro atoms. The molecule has 0 radical (unpaired) electrons. The second kappa shape index (κ2) is 7.42. The van der Waals surface area contributed by atoms with E-state index in [1.165, 1.54) is 0 Å². The summed E-state index contributed by atoms with van der Waals surface area (Å²) in [4.78, 5) is 11.0. The van der Waals surface area contributed by atoms with Crippen LogP contribution >= 0.6 is 0 Å². The van der Waals surface area contributed by atoms with Crippen LogP contribution in [0.1, 0.15) is 12.8 Å². The van der Waals surface area contributed by atoms with E-state index in [0.29, 0.717) is 6.42 Å². The van der Waals surface area contributed by atoms with E-state index in [-0.39, 0.29) is 5.91 Å². The fraction of sp³-hybridized carbons (Fsp3) is 0.462. The summed E-state index contributed by atoms with van der Waals surface area (Å²) in [7, 11) is 4.87. The molecular weight excluding hydrogens is 232 g/mol. The lowest BCUT2D eigenvalue weighted by atomic mass is 10.2. The normalized spacial score (nSPS) is 9.72. The molecule has 5 nitrogen and oxygen atoms in total. The Kier molecular flexibility index (Phi) is 5.84.